The van der Waals surface area contributed by atoms with Crippen LogP contribution in [0.3, 0.4) is 0 Å². The molecule has 5 heteroatoms. The van der Waals surface area contributed by atoms with E-state index >= 15 is 0 Å². The molecule has 2 aliphatic carbocycles. The molecule has 0 radical (unpaired) electrons. The third-order valence-electron chi connectivity index (χ3n) is 4.40. The van der Waals surface area contributed by atoms with Gasteiger partial charge in [-0.2, -0.15) is 0 Å². The lowest BCUT2D eigenvalue weighted by Gasteiger charge is -2.43. The molecule has 2 rings (SSSR count). The van der Waals surface area contributed by atoms with Gasteiger partial charge in [-0.3, -0.25) is 14.5 Å². The van der Waals surface area contributed by atoms with Gasteiger partial charge >= 0.3 is 5.97 Å². The van der Waals surface area contributed by atoms with Crippen molar-refractivity contribution < 1.29 is 14.7 Å². The van der Waals surface area contributed by atoms with Crippen LogP contribution in [0.25, 0.3) is 0 Å². The zero-order valence-corrected chi connectivity index (χ0v) is 11.7. The van der Waals surface area contributed by atoms with Gasteiger partial charge in [-0.1, -0.05) is 19.3 Å². The van der Waals surface area contributed by atoms with Crippen molar-refractivity contribution in [2.45, 2.75) is 62.9 Å². The number of nitrogens with one attached hydrogen (secondary N) is 1. The molecule has 0 heterocycles. The second-order valence-electron chi connectivity index (χ2n) is 6.05. The smallest absolute Gasteiger partial charge is 0.305 e. The van der Waals surface area contributed by atoms with Gasteiger partial charge in [0, 0.05) is 11.6 Å². The number of rotatable bonds is 6. The minimum Gasteiger partial charge on any atom is -0.481 e. The van der Waals surface area contributed by atoms with E-state index in [2.05, 4.69) is 5.32 Å². The van der Waals surface area contributed by atoms with Crippen molar-refractivity contribution in [2.75, 3.05) is 13.6 Å². The zero-order valence-electron chi connectivity index (χ0n) is 11.7. The third kappa shape index (κ3) is 3.93. The van der Waals surface area contributed by atoms with Gasteiger partial charge in [-0.05, 0) is 32.7 Å². The van der Waals surface area contributed by atoms with Gasteiger partial charge in [-0.15, -0.1) is 0 Å². The predicted molar refractivity (Wildman–Crippen MR) is 71.9 cm³/mol. The Morgan fingerprint density at radius 1 is 1.26 bits per heavy atom. The summed E-state index contributed by atoms with van der Waals surface area (Å²) in [5.74, 6) is -0.739. The van der Waals surface area contributed by atoms with Crippen molar-refractivity contribution in [3.05, 3.63) is 0 Å². The highest BCUT2D eigenvalue weighted by Crippen LogP contribution is 2.35. The van der Waals surface area contributed by atoms with Crippen molar-refractivity contribution in [3.8, 4) is 0 Å². The summed E-state index contributed by atoms with van der Waals surface area (Å²) in [6.07, 6.45) is 7.35. The van der Waals surface area contributed by atoms with Crippen LogP contribution in [0.15, 0.2) is 0 Å². The maximum atomic E-state index is 11.9. The lowest BCUT2D eigenvalue weighted by molar-refractivity contribution is -0.142. The standard InChI is InChI=1S/C14H24N2O3/c1-16(10-12(17)15-11-5-6-11)14(9-13(18)19)7-3-2-4-8-14/h11H,2-10H2,1H3,(H,15,17)(H,18,19). The maximum absolute atomic E-state index is 11.9. The van der Waals surface area contributed by atoms with E-state index in [-0.39, 0.29) is 17.9 Å². The van der Waals surface area contributed by atoms with Gasteiger partial charge in [0.15, 0.2) is 0 Å². The number of carbonyl (C=O) groups is 2. The second-order valence-corrected chi connectivity index (χ2v) is 6.05. The van der Waals surface area contributed by atoms with Gasteiger partial charge in [0.1, 0.15) is 0 Å². The average molecular weight is 268 g/mol. The Kier molecular flexibility index (Phi) is 4.45. The topological polar surface area (TPSA) is 69.6 Å². The first-order valence-corrected chi connectivity index (χ1v) is 7.24. The van der Waals surface area contributed by atoms with Gasteiger partial charge in [-0.25, -0.2) is 0 Å². The number of hydrogen-bond acceptors (Lipinski definition) is 3. The van der Waals surface area contributed by atoms with E-state index in [1.165, 1.54) is 6.42 Å². The molecule has 108 valence electrons. The molecule has 2 fully saturated rings. The fraction of sp³-hybridized carbons (Fsp3) is 0.857. The molecule has 1 amide bonds. The Balaban J connectivity index is 1.95. The summed E-state index contributed by atoms with van der Waals surface area (Å²) >= 11 is 0. The molecule has 2 N–H and O–H groups in total. The average Bonchev–Trinajstić information content (AvgIpc) is 3.13. The van der Waals surface area contributed by atoms with Crippen molar-refractivity contribution in [1.29, 1.82) is 0 Å². The molecule has 19 heavy (non-hydrogen) atoms. The maximum Gasteiger partial charge on any atom is 0.305 e. The fourth-order valence-electron chi connectivity index (χ4n) is 3.07. The summed E-state index contributed by atoms with van der Waals surface area (Å²) in [5, 5.41) is 12.1. The van der Waals surface area contributed by atoms with Crippen LogP contribution in [-0.4, -0.2) is 47.1 Å². The lowest BCUT2D eigenvalue weighted by atomic mass is 9.78. The highest BCUT2D eigenvalue weighted by atomic mass is 16.4. The predicted octanol–water partition coefficient (Wildman–Crippen LogP) is 1.37. The molecule has 0 unspecified atom stereocenters. The third-order valence-corrected chi connectivity index (χ3v) is 4.40. The highest BCUT2D eigenvalue weighted by Gasteiger charge is 2.39. The Bertz CT molecular complexity index is 347. The Labute approximate surface area is 114 Å². The molecule has 0 aromatic rings. The largest absolute Gasteiger partial charge is 0.481 e. The summed E-state index contributed by atoms with van der Waals surface area (Å²) in [4.78, 5) is 25.0. The van der Waals surface area contributed by atoms with Crippen LogP contribution >= 0.6 is 0 Å². The van der Waals surface area contributed by atoms with Gasteiger partial charge in [0.2, 0.25) is 5.91 Å². The first kappa shape index (κ1) is 14.3. The normalized spacial score (nSPS) is 22.2. The molecule has 2 saturated carbocycles. The molecule has 2 aliphatic rings. The van der Waals surface area contributed by atoms with Crippen LogP contribution in [0.5, 0.6) is 0 Å². The lowest BCUT2D eigenvalue weighted by Crippen LogP contribution is -2.52. The number of hydrogen-bond donors (Lipinski definition) is 2. The molecular formula is C14H24N2O3. The number of aliphatic carboxylic acids is 1. The minimum atomic E-state index is -0.767. The van der Waals surface area contributed by atoms with E-state index in [9.17, 15) is 9.59 Å². The summed E-state index contributed by atoms with van der Waals surface area (Å²) in [6.45, 7) is 0.309. The molecule has 0 atom stereocenters. The van der Waals surface area contributed by atoms with Crippen LogP contribution in [0.4, 0.5) is 0 Å². The molecule has 0 saturated heterocycles. The molecule has 5 nitrogen and oxygen atoms in total. The van der Waals surface area contributed by atoms with Crippen LogP contribution in [-0.2, 0) is 9.59 Å². The SMILES string of the molecule is CN(CC(=O)NC1CC1)C1(CC(=O)O)CCCCC1. The van der Waals surface area contributed by atoms with Crippen molar-refractivity contribution in [1.82, 2.24) is 10.2 Å². The van der Waals surface area contributed by atoms with E-state index in [4.69, 9.17) is 5.11 Å². The number of nitrogens with zero attached hydrogens (tertiary/aromatic N) is 1. The van der Waals surface area contributed by atoms with Crippen molar-refractivity contribution >= 4 is 11.9 Å². The molecule has 0 spiro atoms. The quantitative estimate of drug-likeness (QED) is 0.763. The molecule has 0 aromatic heterocycles. The Hall–Kier alpha value is -1.10. The van der Waals surface area contributed by atoms with Gasteiger partial charge in [0.05, 0.1) is 13.0 Å². The Morgan fingerprint density at radius 2 is 1.89 bits per heavy atom. The number of carboxylic acids is 1. The van der Waals surface area contributed by atoms with Crippen LogP contribution in [0.2, 0.25) is 0 Å². The summed E-state index contributed by atoms with van der Waals surface area (Å²) in [5.41, 5.74) is -0.328. The first-order valence-electron chi connectivity index (χ1n) is 7.24. The Morgan fingerprint density at radius 3 is 2.42 bits per heavy atom. The number of carbonyl (C=O) groups excluding carboxylic acids is 1. The van der Waals surface area contributed by atoms with Crippen LogP contribution in [0, 0.1) is 0 Å². The number of likely N-dealkylation sites (N-methyl/N-ethyl adjacent to an activating group) is 1. The molecule has 0 bridgehead atoms. The molecule has 0 aliphatic heterocycles. The van der Waals surface area contributed by atoms with E-state index in [1.807, 2.05) is 11.9 Å². The van der Waals surface area contributed by atoms with Crippen molar-refractivity contribution in [2.24, 2.45) is 0 Å². The molecular weight excluding hydrogens is 244 g/mol. The molecule has 0 aromatic carbocycles. The van der Waals surface area contributed by atoms with Crippen molar-refractivity contribution in [3.63, 3.8) is 0 Å². The van der Waals surface area contributed by atoms with Crippen LogP contribution < -0.4 is 5.32 Å². The summed E-state index contributed by atoms with van der Waals surface area (Å²) in [7, 11) is 1.89. The van der Waals surface area contributed by atoms with Gasteiger partial charge in [0.25, 0.3) is 0 Å². The fourth-order valence-corrected chi connectivity index (χ4v) is 3.07. The second kappa shape index (κ2) is 5.90. The first-order chi connectivity index (χ1) is 9.02. The van der Waals surface area contributed by atoms with E-state index in [0.29, 0.717) is 12.6 Å². The summed E-state index contributed by atoms with van der Waals surface area (Å²) < 4.78 is 0. The van der Waals surface area contributed by atoms with Crippen LogP contribution in [0.1, 0.15) is 51.4 Å². The number of amides is 1. The van der Waals surface area contributed by atoms with E-state index in [0.717, 1.165) is 38.5 Å². The van der Waals surface area contributed by atoms with E-state index < -0.39 is 5.97 Å². The minimum absolute atomic E-state index is 0.0281. The van der Waals surface area contributed by atoms with Gasteiger partial charge < -0.3 is 10.4 Å². The highest BCUT2D eigenvalue weighted by molar-refractivity contribution is 5.79. The zero-order chi connectivity index (χ0) is 13.9. The monoisotopic (exact) mass is 268 g/mol. The number of carboxylic acid groups (broad SMARTS) is 1. The summed E-state index contributed by atoms with van der Waals surface area (Å²) in [6, 6.07) is 0.364. The van der Waals surface area contributed by atoms with E-state index in [1.54, 1.807) is 0 Å².